The third kappa shape index (κ3) is 6.00. The van der Waals surface area contributed by atoms with Crippen molar-refractivity contribution in [2.75, 3.05) is 6.54 Å². The van der Waals surface area contributed by atoms with E-state index in [1.807, 2.05) is 4.72 Å². The Hall–Kier alpha value is -1.81. The first kappa shape index (κ1) is 20.2. The summed E-state index contributed by atoms with van der Waals surface area (Å²) in [5.41, 5.74) is 0. The summed E-state index contributed by atoms with van der Waals surface area (Å²) in [6.07, 6.45) is 0.210. The summed E-state index contributed by atoms with van der Waals surface area (Å²) in [5.74, 6) is -3.89. The molecule has 1 rings (SSSR count). The van der Waals surface area contributed by atoms with E-state index in [-0.39, 0.29) is 12.3 Å². The minimum absolute atomic E-state index is 0.00232. The summed E-state index contributed by atoms with van der Waals surface area (Å²) >= 11 is 0. The Morgan fingerprint density at radius 1 is 1.33 bits per heavy atom. The van der Waals surface area contributed by atoms with Crippen LogP contribution in [0.25, 0.3) is 0 Å². The topological polar surface area (TPSA) is 92.7 Å². The number of halogens is 3. The summed E-state index contributed by atoms with van der Waals surface area (Å²) in [5, 5.41) is 9.09. The van der Waals surface area contributed by atoms with E-state index in [9.17, 15) is 26.4 Å². The van der Waals surface area contributed by atoms with Crippen LogP contribution in [0.3, 0.4) is 0 Å². The van der Waals surface area contributed by atoms with Gasteiger partial charge in [-0.25, -0.2) is 17.5 Å². The SMILES string of the molecule is CC(C)CC(CNS(=O)(=O)c1cc(F)ccc1OC(F)F)C(=O)O. The van der Waals surface area contributed by atoms with Crippen molar-refractivity contribution in [2.24, 2.45) is 11.8 Å². The monoisotopic (exact) mass is 369 g/mol. The molecule has 0 aromatic heterocycles. The first-order valence-corrected chi connectivity index (χ1v) is 8.48. The number of carboxylic acid groups (broad SMARTS) is 1. The molecule has 0 spiro atoms. The maximum Gasteiger partial charge on any atom is 0.387 e. The van der Waals surface area contributed by atoms with E-state index >= 15 is 0 Å². The highest BCUT2D eigenvalue weighted by atomic mass is 32.2. The zero-order valence-electron chi connectivity index (χ0n) is 13.0. The van der Waals surface area contributed by atoms with Crippen LogP contribution in [-0.4, -0.2) is 32.6 Å². The van der Waals surface area contributed by atoms with Gasteiger partial charge in [-0.2, -0.15) is 8.78 Å². The zero-order valence-corrected chi connectivity index (χ0v) is 13.8. The lowest BCUT2D eigenvalue weighted by molar-refractivity contribution is -0.142. The molecule has 0 saturated carbocycles. The molecule has 0 aliphatic carbocycles. The van der Waals surface area contributed by atoms with E-state index < -0.39 is 51.5 Å². The van der Waals surface area contributed by atoms with Crippen molar-refractivity contribution < 1.29 is 36.2 Å². The van der Waals surface area contributed by atoms with Gasteiger partial charge in [0.05, 0.1) is 5.92 Å². The first-order valence-electron chi connectivity index (χ1n) is 6.99. The third-order valence-corrected chi connectivity index (χ3v) is 4.48. The molecule has 1 unspecified atom stereocenters. The second kappa shape index (κ2) is 8.34. The second-order valence-electron chi connectivity index (χ2n) is 5.49. The third-order valence-electron chi connectivity index (χ3n) is 3.04. The molecule has 0 aliphatic heterocycles. The number of benzene rings is 1. The van der Waals surface area contributed by atoms with Crippen molar-refractivity contribution in [2.45, 2.75) is 31.8 Å². The number of carboxylic acids is 1. The Labute approximate surface area is 137 Å². The Morgan fingerprint density at radius 2 is 1.96 bits per heavy atom. The van der Waals surface area contributed by atoms with Gasteiger partial charge in [-0.1, -0.05) is 13.8 Å². The molecule has 0 bridgehead atoms. The van der Waals surface area contributed by atoms with E-state index in [0.717, 1.165) is 12.1 Å². The number of aliphatic carboxylic acids is 1. The normalized spacial score (nSPS) is 13.3. The number of sulfonamides is 1. The molecule has 136 valence electrons. The predicted octanol–water partition coefficient (Wildman–Crippen LogP) is 2.45. The second-order valence-corrected chi connectivity index (χ2v) is 7.22. The first-order chi connectivity index (χ1) is 11.0. The Morgan fingerprint density at radius 3 is 2.46 bits per heavy atom. The van der Waals surface area contributed by atoms with Crippen LogP contribution in [0.15, 0.2) is 23.1 Å². The fraction of sp³-hybridized carbons (Fsp3) is 0.500. The van der Waals surface area contributed by atoms with Crippen LogP contribution in [0.2, 0.25) is 0 Å². The van der Waals surface area contributed by atoms with Gasteiger partial charge in [0, 0.05) is 6.54 Å². The zero-order chi connectivity index (χ0) is 18.5. The molecule has 0 fully saturated rings. The molecule has 0 heterocycles. The van der Waals surface area contributed by atoms with Crippen molar-refractivity contribution in [1.29, 1.82) is 0 Å². The van der Waals surface area contributed by atoms with Gasteiger partial charge in [0.1, 0.15) is 16.5 Å². The van der Waals surface area contributed by atoms with E-state index in [2.05, 4.69) is 4.74 Å². The lowest BCUT2D eigenvalue weighted by atomic mass is 9.98. The van der Waals surface area contributed by atoms with Crippen LogP contribution >= 0.6 is 0 Å². The van der Waals surface area contributed by atoms with Crippen LogP contribution in [0, 0.1) is 17.7 Å². The van der Waals surface area contributed by atoms with Gasteiger partial charge in [-0.3, -0.25) is 4.79 Å². The standard InChI is InChI=1S/C14H18F3NO5S/c1-8(2)5-9(13(19)20)7-18-24(21,22)12-6-10(15)3-4-11(12)23-14(16)17/h3-4,6,8-9,14,18H,5,7H2,1-2H3,(H,19,20). The van der Waals surface area contributed by atoms with Crippen LogP contribution in [-0.2, 0) is 14.8 Å². The van der Waals surface area contributed by atoms with Gasteiger partial charge in [0.2, 0.25) is 10.0 Å². The quantitative estimate of drug-likeness (QED) is 0.698. The van der Waals surface area contributed by atoms with Crippen LogP contribution < -0.4 is 9.46 Å². The van der Waals surface area contributed by atoms with Crippen molar-refractivity contribution in [3.05, 3.63) is 24.0 Å². The summed E-state index contributed by atoms with van der Waals surface area (Å²) < 4.78 is 68.5. The number of nitrogens with one attached hydrogen (secondary N) is 1. The highest BCUT2D eigenvalue weighted by molar-refractivity contribution is 7.89. The molecule has 0 amide bonds. The Kier molecular flexibility index (Phi) is 7.03. The number of carbonyl (C=O) groups is 1. The molecule has 0 saturated heterocycles. The molecule has 6 nitrogen and oxygen atoms in total. The number of rotatable bonds is 9. The van der Waals surface area contributed by atoms with Gasteiger partial charge in [0.15, 0.2) is 0 Å². The number of alkyl halides is 2. The summed E-state index contributed by atoms with van der Waals surface area (Å²) in [6, 6.07) is 2.06. The predicted molar refractivity (Wildman–Crippen MR) is 78.8 cm³/mol. The van der Waals surface area contributed by atoms with E-state index in [1.54, 1.807) is 13.8 Å². The molecule has 1 atom stereocenters. The van der Waals surface area contributed by atoms with E-state index in [1.165, 1.54) is 0 Å². The van der Waals surface area contributed by atoms with Crippen LogP contribution in [0.5, 0.6) is 5.75 Å². The van der Waals surface area contributed by atoms with Crippen molar-refractivity contribution >= 4 is 16.0 Å². The summed E-state index contributed by atoms with van der Waals surface area (Å²) in [6.45, 7) is -0.213. The highest BCUT2D eigenvalue weighted by Gasteiger charge is 2.26. The van der Waals surface area contributed by atoms with Crippen LogP contribution in [0.4, 0.5) is 13.2 Å². The average Bonchev–Trinajstić information content (AvgIpc) is 2.44. The van der Waals surface area contributed by atoms with Gasteiger partial charge in [-0.15, -0.1) is 0 Å². The summed E-state index contributed by atoms with van der Waals surface area (Å²) in [4.78, 5) is 10.3. The largest absolute Gasteiger partial charge is 0.481 e. The number of ether oxygens (including phenoxy) is 1. The minimum atomic E-state index is -4.44. The maximum atomic E-state index is 13.3. The molecule has 0 aliphatic rings. The van der Waals surface area contributed by atoms with E-state index in [4.69, 9.17) is 5.11 Å². The average molecular weight is 369 g/mol. The molecule has 0 radical (unpaired) electrons. The smallest absolute Gasteiger partial charge is 0.387 e. The molecule has 10 heteroatoms. The van der Waals surface area contributed by atoms with Gasteiger partial charge >= 0.3 is 12.6 Å². The maximum absolute atomic E-state index is 13.3. The fourth-order valence-electron chi connectivity index (χ4n) is 2.01. The number of hydrogen-bond donors (Lipinski definition) is 2. The molecule has 24 heavy (non-hydrogen) atoms. The molecule has 1 aromatic carbocycles. The summed E-state index contributed by atoms with van der Waals surface area (Å²) in [7, 11) is -4.44. The lowest BCUT2D eigenvalue weighted by Crippen LogP contribution is -2.34. The van der Waals surface area contributed by atoms with Crippen molar-refractivity contribution in [3.8, 4) is 5.75 Å². The molecular weight excluding hydrogens is 351 g/mol. The lowest BCUT2D eigenvalue weighted by Gasteiger charge is -2.17. The Balaban J connectivity index is 3.03. The van der Waals surface area contributed by atoms with E-state index in [0.29, 0.717) is 6.07 Å². The van der Waals surface area contributed by atoms with Crippen LogP contribution in [0.1, 0.15) is 20.3 Å². The minimum Gasteiger partial charge on any atom is -0.481 e. The van der Waals surface area contributed by atoms with Gasteiger partial charge in [-0.05, 0) is 30.5 Å². The fourth-order valence-corrected chi connectivity index (χ4v) is 3.24. The van der Waals surface area contributed by atoms with Gasteiger partial charge in [0.25, 0.3) is 0 Å². The van der Waals surface area contributed by atoms with Crippen molar-refractivity contribution in [1.82, 2.24) is 4.72 Å². The highest BCUT2D eigenvalue weighted by Crippen LogP contribution is 2.26. The molecular formula is C14H18F3NO5S. The molecule has 1 aromatic rings. The van der Waals surface area contributed by atoms with Crippen molar-refractivity contribution in [3.63, 3.8) is 0 Å². The molecule has 2 N–H and O–H groups in total. The Bertz CT molecular complexity index is 679. The van der Waals surface area contributed by atoms with Gasteiger partial charge < -0.3 is 9.84 Å². The number of hydrogen-bond acceptors (Lipinski definition) is 4.